The molecule has 28 heavy (non-hydrogen) atoms. The highest BCUT2D eigenvalue weighted by atomic mass is 79.9. The van der Waals surface area contributed by atoms with E-state index in [0.717, 1.165) is 34.5 Å². The van der Waals surface area contributed by atoms with Gasteiger partial charge in [-0.3, -0.25) is 0 Å². The molecule has 0 fully saturated rings. The molecule has 0 amide bonds. The largest absolute Gasteiger partial charge is 1.00 e. The normalized spacial score (nSPS) is 10.7. The Labute approximate surface area is 181 Å². The van der Waals surface area contributed by atoms with Crippen molar-refractivity contribution in [3.05, 3.63) is 65.9 Å². The minimum atomic E-state index is 0. The smallest absolute Gasteiger partial charge is 0.411 e. The molecule has 148 valence electrons. The number of azo groups is 1. The van der Waals surface area contributed by atoms with E-state index in [-0.39, 0.29) is 17.0 Å². The second-order valence-electron chi connectivity index (χ2n) is 6.32. The molecule has 0 atom stereocenters. The Morgan fingerprint density at radius 3 is 2.46 bits per heavy atom. The molecule has 0 radical (unpaired) electrons. The van der Waals surface area contributed by atoms with Gasteiger partial charge in [0.15, 0.2) is 0 Å². The average Bonchev–Trinajstić information content (AvgIpc) is 3.06. The van der Waals surface area contributed by atoms with Crippen LogP contribution in [0.3, 0.4) is 0 Å². The van der Waals surface area contributed by atoms with Crippen molar-refractivity contribution in [2.24, 2.45) is 17.3 Å². The molecule has 0 N–H and O–H groups in total. The molecule has 0 aliphatic heterocycles. The zero-order valence-electron chi connectivity index (χ0n) is 16.6. The lowest BCUT2D eigenvalue weighted by atomic mass is 10.1. The average molecular weight is 461 g/mol. The Morgan fingerprint density at radius 2 is 1.86 bits per heavy atom. The lowest BCUT2D eigenvalue weighted by Crippen LogP contribution is -3.00. The van der Waals surface area contributed by atoms with Gasteiger partial charge in [0.1, 0.15) is 11.9 Å². The molecule has 0 aliphatic carbocycles. The highest BCUT2D eigenvalue weighted by Gasteiger charge is 2.14. The van der Waals surface area contributed by atoms with Crippen LogP contribution >= 0.6 is 11.3 Å². The molecule has 5 nitrogen and oxygen atoms in total. The second kappa shape index (κ2) is 10.3. The quantitative estimate of drug-likeness (QED) is 0.401. The van der Waals surface area contributed by atoms with Gasteiger partial charge in [-0.2, -0.15) is 0 Å². The van der Waals surface area contributed by atoms with E-state index in [1.165, 1.54) is 22.6 Å². The third-order valence-electron chi connectivity index (χ3n) is 4.38. The number of halogens is 1. The minimum Gasteiger partial charge on any atom is -1.00 e. The highest BCUT2D eigenvalue weighted by molar-refractivity contribution is 7.16. The zero-order chi connectivity index (χ0) is 19.2. The number of rotatable bonds is 7. The number of anilines is 1. The standard InChI is InChI=1S/C21H25N4OS.BrH/c1-5-25(14-17-9-7-6-8-10-17)18-11-12-19(16(2)13-18)22-23-21-24(3)15-20(26-4)27-21;/h6-13,15H,5,14H2,1-4H3;1H/q+1;/p-1. The molecule has 1 aromatic heterocycles. The van der Waals surface area contributed by atoms with Crippen molar-refractivity contribution in [1.82, 2.24) is 0 Å². The predicted molar refractivity (Wildman–Crippen MR) is 111 cm³/mol. The summed E-state index contributed by atoms with van der Waals surface area (Å²) in [6, 6.07) is 16.9. The SMILES string of the molecule is CCN(Cc1ccccc1)c1ccc(N=Nc2sc(OC)c[n+]2C)c(C)c1.[Br-]. The molecule has 7 heteroatoms. The number of nitrogens with zero attached hydrogens (tertiary/aromatic N) is 4. The number of benzene rings is 2. The first-order valence-corrected chi connectivity index (χ1v) is 9.77. The van der Waals surface area contributed by atoms with Crippen LogP contribution in [0.1, 0.15) is 18.1 Å². The fourth-order valence-corrected chi connectivity index (χ4v) is 3.57. The van der Waals surface area contributed by atoms with Crippen LogP contribution in [0.5, 0.6) is 5.06 Å². The van der Waals surface area contributed by atoms with E-state index in [4.69, 9.17) is 4.74 Å². The van der Waals surface area contributed by atoms with E-state index in [0.29, 0.717) is 0 Å². The maximum atomic E-state index is 5.25. The van der Waals surface area contributed by atoms with Gasteiger partial charge in [-0.05, 0) is 59.6 Å². The molecular formula is C21H25BrN4OS. The van der Waals surface area contributed by atoms with Crippen LogP contribution in [-0.4, -0.2) is 13.7 Å². The summed E-state index contributed by atoms with van der Waals surface area (Å²) in [6.45, 7) is 6.09. The van der Waals surface area contributed by atoms with E-state index in [1.807, 2.05) is 29.9 Å². The summed E-state index contributed by atoms with van der Waals surface area (Å²) in [4.78, 5) is 2.35. The lowest BCUT2D eigenvalue weighted by Gasteiger charge is -2.23. The first-order valence-electron chi connectivity index (χ1n) is 8.95. The van der Waals surface area contributed by atoms with Crippen LogP contribution in [0.4, 0.5) is 16.5 Å². The van der Waals surface area contributed by atoms with E-state index in [9.17, 15) is 0 Å². The second-order valence-corrected chi connectivity index (χ2v) is 7.29. The molecule has 0 saturated heterocycles. The summed E-state index contributed by atoms with van der Waals surface area (Å²) in [5, 5.41) is 10.4. The first kappa shape index (κ1) is 22.0. The van der Waals surface area contributed by atoms with Crippen molar-refractivity contribution in [1.29, 1.82) is 0 Å². The minimum absolute atomic E-state index is 0. The van der Waals surface area contributed by atoms with Crippen molar-refractivity contribution in [3.8, 4) is 5.06 Å². The fourth-order valence-electron chi connectivity index (χ4n) is 2.82. The summed E-state index contributed by atoms with van der Waals surface area (Å²) in [6.07, 6.45) is 1.90. The molecule has 2 aromatic carbocycles. The third kappa shape index (κ3) is 5.39. The van der Waals surface area contributed by atoms with Gasteiger partial charge >= 0.3 is 5.13 Å². The maximum Gasteiger partial charge on any atom is 0.411 e. The molecule has 1 heterocycles. The van der Waals surface area contributed by atoms with E-state index in [1.54, 1.807) is 7.11 Å². The van der Waals surface area contributed by atoms with Crippen LogP contribution in [0.15, 0.2) is 65.0 Å². The van der Waals surface area contributed by atoms with Crippen LogP contribution in [0, 0.1) is 6.92 Å². The van der Waals surface area contributed by atoms with Crippen molar-refractivity contribution in [2.45, 2.75) is 20.4 Å². The number of methoxy groups -OCH3 is 1. The van der Waals surface area contributed by atoms with Gasteiger partial charge in [0.2, 0.25) is 5.06 Å². The van der Waals surface area contributed by atoms with Gasteiger partial charge < -0.3 is 26.6 Å². The topological polar surface area (TPSA) is 41.1 Å². The highest BCUT2D eigenvalue weighted by Crippen LogP contribution is 2.30. The van der Waals surface area contributed by atoms with Gasteiger partial charge in [0, 0.05) is 18.8 Å². The van der Waals surface area contributed by atoms with Gasteiger partial charge in [-0.15, -0.1) is 0 Å². The molecule has 0 aliphatic rings. The molecule has 3 rings (SSSR count). The Kier molecular flexibility index (Phi) is 8.14. The summed E-state index contributed by atoms with van der Waals surface area (Å²) in [7, 11) is 3.59. The van der Waals surface area contributed by atoms with E-state index < -0.39 is 0 Å². The van der Waals surface area contributed by atoms with Crippen LogP contribution in [0.25, 0.3) is 0 Å². The summed E-state index contributed by atoms with van der Waals surface area (Å²) >= 11 is 1.47. The summed E-state index contributed by atoms with van der Waals surface area (Å²) < 4.78 is 7.16. The van der Waals surface area contributed by atoms with Gasteiger partial charge in [-0.1, -0.05) is 30.3 Å². The lowest BCUT2D eigenvalue weighted by molar-refractivity contribution is -0.654. The van der Waals surface area contributed by atoms with Gasteiger partial charge in [0.05, 0.1) is 19.3 Å². The Bertz CT molecular complexity index is 927. The number of thiazole rings is 1. The fraction of sp³-hybridized carbons (Fsp3) is 0.286. The molecule has 3 aromatic rings. The molecule has 0 saturated carbocycles. The van der Waals surface area contributed by atoms with Crippen LogP contribution < -0.4 is 31.2 Å². The number of aryl methyl sites for hydroxylation is 2. The number of hydrogen-bond acceptors (Lipinski definition) is 5. The van der Waals surface area contributed by atoms with E-state index in [2.05, 4.69) is 65.4 Å². The first-order chi connectivity index (χ1) is 13.1. The van der Waals surface area contributed by atoms with Crippen molar-refractivity contribution < 1.29 is 26.3 Å². The molecule has 0 unspecified atom stereocenters. The molecule has 0 spiro atoms. The molecule has 0 bridgehead atoms. The van der Waals surface area contributed by atoms with E-state index >= 15 is 0 Å². The Hall–Kier alpha value is -2.25. The Balaban J connectivity index is 0.00000280. The number of aromatic nitrogens is 1. The van der Waals surface area contributed by atoms with Crippen LogP contribution in [0.2, 0.25) is 0 Å². The van der Waals surface area contributed by atoms with Crippen molar-refractivity contribution >= 4 is 27.8 Å². The van der Waals surface area contributed by atoms with Crippen molar-refractivity contribution in [2.75, 3.05) is 18.6 Å². The number of ether oxygens (including phenoxy) is 1. The summed E-state index contributed by atoms with van der Waals surface area (Å²) in [5.74, 6) is 0. The number of hydrogen-bond donors (Lipinski definition) is 0. The monoisotopic (exact) mass is 460 g/mol. The predicted octanol–water partition coefficient (Wildman–Crippen LogP) is 2.34. The maximum absolute atomic E-state index is 5.25. The van der Waals surface area contributed by atoms with Crippen LogP contribution in [-0.2, 0) is 13.6 Å². The zero-order valence-corrected chi connectivity index (χ0v) is 19.0. The van der Waals surface area contributed by atoms with Gasteiger partial charge in [-0.25, -0.2) is 4.57 Å². The van der Waals surface area contributed by atoms with Crippen molar-refractivity contribution in [3.63, 3.8) is 0 Å². The molecular weight excluding hydrogens is 436 g/mol. The summed E-state index contributed by atoms with van der Waals surface area (Å²) in [5.41, 5.74) is 4.48. The third-order valence-corrected chi connectivity index (χ3v) is 5.41. The Morgan fingerprint density at radius 1 is 1.11 bits per heavy atom. The van der Waals surface area contributed by atoms with Gasteiger partial charge in [0.25, 0.3) is 0 Å².